The molecule has 0 saturated carbocycles. The van der Waals surface area contributed by atoms with Crippen molar-refractivity contribution in [3.05, 3.63) is 65.7 Å². The van der Waals surface area contributed by atoms with Gasteiger partial charge in [0.1, 0.15) is 12.4 Å². The molecule has 0 aliphatic rings. The topological polar surface area (TPSA) is 67.4 Å². The summed E-state index contributed by atoms with van der Waals surface area (Å²) in [7, 11) is 0. The second-order valence-corrected chi connectivity index (χ2v) is 5.97. The molecule has 25 heavy (non-hydrogen) atoms. The standard InChI is InChI=1S/C20H24N2O3/c1-15(2)16-8-10-18(11-9-16)25-13-12-21-19(23)14-22-20(24)17-6-4-3-5-7-17/h3-11,15H,12-14H2,1-2H3,(H,21,23)(H,22,24). The average Bonchev–Trinajstić information content (AvgIpc) is 2.64. The molecule has 0 atom stereocenters. The van der Waals surface area contributed by atoms with E-state index in [2.05, 4.69) is 24.5 Å². The van der Waals surface area contributed by atoms with Crippen LogP contribution in [-0.4, -0.2) is 31.5 Å². The maximum absolute atomic E-state index is 11.8. The largest absolute Gasteiger partial charge is 0.492 e. The molecule has 0 radical (unpaired) electrons. The van der Waals surface area contributed by atoms with Crippen LogP contribution in [-0.2, 0) is 4.79 Å². The van der Waals surface area contributed by atoms with Gasteiger partial charge < -0.3 is 15.4 Å². The number of carbonyl (C=O) groups is 2. The summed E-state index contributed by atoms with van der Waals surface area (Å²) in [6, 6.07) is 16.7. The lowest BCUT2D eigenvalue weighted by Gasteiger charge is -2.10. The quantitative estimate of drug-likeness (QED) is 0.726. The molecule has 0 saturated heterocycles. The van der Waals surface area contributed by atoms with Gasteiger partial charge in [0.05, 0.1) is 13.1 Å². The van der Waals surface area contributed by atoms with Gasteiger partial charge in [-0.3, -0.25) is 9.59 Å². The zero-order valence-electron chi connectivity index (χ0n) is 14.6. The number of nitrogens with one attached hydrogen (secondary N) is 2. The normalized spacial score (nSPS) is 10.4. The highest BCUT2D eigenvalue weighted by molar-refractivity contribution is 5.96. The fourth-order valence-corrected chi connectivity index (χ4v) is 2.22. The van der Waals surface area contributed by atoms with Crippen molar-refractivity contribution >= 4 is 11.8 Å². The van der Waals surface area contributed by atoms with Crippen molar-refractivity contribution in [3.63, 3.8) is 0 Å². The maximum atomic E-state index is 11.8. The van der Waals surface area contributed by atoms with Gasteiger partial charge in [-0.1, -0.05) is 44.2 Å². The molecule has 0 fully saturated rings. The van der Waals surface area contributed by atoms with E-state index in [1.54, 1.807) is 24.3 Å². The van der Waals surface area contributed by atoms with Crippen molar-refractivity contribution in [2.45, 2.75) is 19.8 Å². The smallest absolute Gasteiger partial charge is 0.251 e. The molecule has 0 spiro atoms. The van der Waals surface area contributed by atoms with E-state index >= 15 is 0 Å². The predicted octanol–water partition coefficient (Wildman–Crippen LogP) is 2.74. The fraction of sp³-hybridized carbons (Fsp3) is 0.300. The third-order valence-electron chi connectivity index (χ3n) is 3.69. The highest BCUT2D eigenvalue weighted by atomic mass is 16.5. The Bertz CT molecular complexity index is 682. The molecule has 2 rings (SSSR count). The van der Waals surface area contributed by atoms with E-state index in [9.17, 15) is 9.59 Å². The van der Waals surface area contributed by atoms with Crippen molar-refractivity contribution < 1.29 is 14.3 Å². The lowest BCUT2D eigenvalue weighted by Crippen LogP contribution is -2.38. The summed E-state index contributed by atoms with van der Waals surface area (Å²) < 4.78 is 5.58. The molecule has 5 heteroatoms. The molecule has 5 nitrogen and oxygen atoms in total. The lowest BCUT2D eigenvalue weighted by molar-refractivity contribution is -0.120. The van der Waals surface area contributed by atoms with E-state index in [1.807, 2.05) is 30.3 Å². The number of hydrogen-bond acceptors (Lipinski definition) is 3. The van der Waals surface area contributed by atoms with E-state index in [-0.39, 0.29) is 18.4 Å². The zero-order valence-corrected chi connectivity index (χ0v) is 14.6. The lowest BCUT2D eigenvalue weighted by atomic mass is 10.0. The Hall–Kier alpha value is -2.82. The van der Waals surface area contributed by atoms with Crippen LogP contribution in [0.15, 0.2) is 54.6 Å². The SMILES string of the molecule is CC(C)c1ccc(OCCNC(=O)CNC(=O)c2ccccc2)cc1. The van der Waals surface area contributed by atoms with E-state index in [4.69, 9.17) is 4.74 Å². The van der Waals surface area contributed by atoms with Gasteiger partial charge in [0, 0.05) is 5.56 Å². The minimum atomic E-state index is -0.266. The van der Waals surface area contributed by atoms with Crippen LogP contribution in [0.3, 0.4) is 0 Å². The monoisotopic (exact) mass is 340 g/mol. The fourth-order valence-electron chi connectivity index (χ4n) is 2.22. The number of carbonyl (C=O) groups excluding carboxylic acids is 2. The Morgan fingerprint density at radius 2 is 1.64 bits per heavy atom. The van der Waals surface area contributed by atoms with Crippen LogP contribution in [0.5, 0.6) is 5.75 Å². The van der Waals surface area contributed by atoms with Crippen molar-refractivity contribution in [2.75, 3.05) is 19.7 Å². The molecular formula is C20H24N2O3. The first-order valence-corrected chi connectivity index (χ1v) is 8.39. The summed E-state index contributed by atoms with van der Waals surface area (Å²) in [5.74, 6) is 0.746. The zero-order chi connectivity index (χ0) is 18.1. The molecule has 0 aromatic heterocycles. The first kappa shape index (κ1) is 18.5. The second-order valence-electron chi connectivity index (χ2n) is 5.97. The van der Waals surface area contributed by atoms with E-state index in [0.29, 0.717) is 24.6 Å². The Kier molecular flexibility index (Phi) is 7.01. The van der Waals surface area contributed by atoms with Crippen molar-refractivity contribution in [2.24, 2.45) is 0 Å². The Balaban J connectivity index is 1.63. The molecule has 0 bridgehead atoms. The summed E-state index contributed by atoms with van der Waals surface area (Å²) >= 11 is 0. The molecule has 2 aromatic rings. The van der Waals surface area contributed by atoms with E-state index in [1.165, 1.54) is 5.56 Å². The summed E-state index contributed by atoms with van der Waals surface area (Å²) in [6.07, 6.45) is 0. The predicted molar refractivity (Wildman–Crippen MR) is 97.8 cm³/mol. The minimum absolute atomic E-state index is 0.0587. The summed E-state index contributed by atoms with van der Waals surface area (Å²) in [5.41, 5.74) is 1.79. The maximum Gasteiger partial charge on any atom is 0.251 e. The minimum Gasteiger partial charge on any atom is -0.492 e. The first-order chi connectivity index (χ1) is 12.1. The molecule has 0 unspecified atom stereocenters. The van der Waals surface area contributed by atoms with Crippen LogP contribution in [0.2, 0.25) is 0 Å². The van der Waals surface area contributed by atoms with Gasteiger partial charge >= 0.3 is 0 Å². The molecule has 2 aromatic carbocycles. The van der Waals surface area contributed by atoms with Gasteiger partial charge in [-0.2, -0.15) is 0 Å². The Labute approximate surface area is 148 Å². The van der Waals surface area contributed by atoms with Crippen molar-refractivity contribution in [1.29, 1.82) is 0 Å². The second kappa shape index (κ2) is 9.47. The third kappa shape index (κ3) is 6.30. The van der Waals surface area contributed by atoms with Gasteiger partial charge in [-0.15, -0.1) is 0 Å². The number of amides is 2. The Morgan fingerprint density at radius 3 is 2.28 bits per heavy atom. The number of benzene rings is 2. The van der Waals surface area contributed by atoms with E-state index in [0.717, 1.165) is 5.75 Å². The summed E-state index contributed by atoms with van der Waals surface area (Å²) in [6.45, 7) is 4.98. The van der Waals surface area contributed by atoms with E-state index < -0.39 is 0 Å². The van der Waals surface area contributed by atoms with Gasteiger partial charge in [0.2, 0.25) is 5.91 Å². The summed E-state index contributed by atoms with van der Waals surface area (Å²) in [5, 5.41) is 5.29. The Morgan fingerprint density at radius 1 is 0.960 bits per heavy atom. The van der Waals surface area contributed by atoms with Crippen LogP contribution in [0.25, 0.3) is 0 Å². The number of ether oxygens (including phenoxy) is 1. The number of hydrogen-bond donors (Lipinski definition) is 2. The highest BCUT2D eigenvalue weighted by Crippen LogP contribution is 2.18. The van der Waals surface area contributed by atoms with Gasteiger partial charge in [0.15, 0.2) is 0 Å². The summed E-state index contributed by atoms with van der Waals surface area (Å²) in [4.78, 5) is 23.6. The molecule has 132 valence electrons. The van der Waals surface area contributed by atoms with Crippen LogP contribution >= 0.6 is 0 Å². The van der Waals surface area contributed by atoms with Crippen LogP contribution < -0.4 is 15.4 Å². The first-order valence-electron chi connectivity index (χ1n) is 8.39. The molecular weight excluding hydrogens is 316 g/mol. The average molecular weight is 340 g/mol. The van der Waals surface area contributed by atoms with Crippen LogP contribution in [0.1, 0.15) is 35.7 Å². The van der Waals surface area contributed by atoms with Gasteiger partial charge in [0.25, 0.3) is 5.91 Å². The third-order valence-corrected chi connectivity index (χ3v) is 3.69. The van der Waals surface area contributed by atoms with Crippen molar-refractivity contribution in [1.82, 2.24) is 10.6 Å². The molecule has 2 N–H and O–H groups in total. The van der Waals surface area contributed by atoms with Crippen molar-refractivity contribution in [3.8, 4) is 5.75 Å². The number of rotatable bonds is 8. The highest BCUT2D eigenvalue weighted by Gasteiger charge is 2.07. The van der Waals surface area contributed by atoms with Crippen LogP contribution in [0.4, 0.5) is 0 Å². The molecule has 0 aliphatic carbocycles. The van der Waals surface area contributed by atoms with Gasteiger partial charge in [-0.05, 0) is 35.7 Å². The molecule has 2 amide bonds. The van der Waals surface area contributed by atoms with Crippen LogP contribution in [0, 0.1) is 0 Å². The molecule has 0 heterocycles. The van der Waals surface area contributed by atoms with Gasteiger partial charge in [-0.25, -0.2) is 0 Å². The molecule has 0 aliphatic heterocycles.